The Kier molecular flexibility index (Phi) is 7.51. The molecule has 4 atom stereocenters. The van der Waals surface area contributed by atoms with Gasteiger partial charge in [-0.2, -0.15) is 0 Å². The molecule has 0 spiro atoms. The van der Waals surface area contributed by atoms with Crippen molar-refractivity contribution in [3.8, 4) is 0 Å². The molecule has 1 aromatic rings. The van der Waals surface area contributed by atoms with E-state index in [1.54, 1.807) is 12.1 Å². The summed E-state index contributed by atoms with van der Waals surface area (Å²) in [5, 5.41) is 0. The molecule has 0 radical (unpaired) electrons. The maximum atomic E-state index is 12.1. The van der Waals surface area contributed by atoms with E-state index in [1.165, 1.54) is 37.7 Å². The summed E-state index contributed by atoms with van der Waals surface area (Å²) in [6.45, 7) is 5.92. The third-order valence-corrected chi connectivity index (χ3v) is 6.12. The number of allylic oxidation sites excluding steroid dienone is 1. The van der Waals surface area contributed by atoms with E-state index in [0.29, 0.717) is 36.0 Å². The first-order valence-electron chi connectivity index (χ1n) is 10.8. The second-order valence-electron chi connectivity index (χ2n) is 8.16. The Balaban J connectivity index is 1.57. The summed E-state index contributed by atoms with van der Waals surface area (Å²) in [4.78, 5) is 12.1. The maximum Gasteiger partial charge on any atom is 0.338 e. The van der Waals surface area contributed by atoms with Gasteiger partial charge in [-0.1, -0.05) is 51.0 Å². The maximum absolute atomic E-state index is 12.1. The van der Waals surface area contributed by atoms with Gasteiger partial charge in [0.05, 0.1) is 24.9 Å². The lowest BCUT2D eigenvalue weighted by Crippen LogP contribution is -2.39. The Morgan fingerprint density at radius 3 is 2.74 bits per heavy atom. The van der Waals surface area contributed by atoms with E-state index in [4.69, 9.17) is 9.47 Å². The molecule has 0 amide bonds. The number of hydrogen-bond donors (Lipinski definition) is 0. The Morgan fingerprint density at radius 1 is 1.19 bits per heavy atom. The van der Waals surface area contributed by atoms with Gasteiger partial charge in [-0.05, 0) is 67.6 Å². The molecule has 3 rings (SSSR count). The van der Waals surface area contributed by atoms with Crippen molar-refractivity contribution in [1.82, 2.24) is 0 Å². The highest BCUT2D eigenvalue weighted by molar-refractivity contribution is 5.89. The van der Waals surface area contributed by atoms with Crippen LogP contribution in [0.4, 0.5) is 0 Å². The summed E-state index contributed by atoms with van der Waals surface area (Å²) in [5.74, 6) is 1.62. The second kappa shape index (κ2) is 10.1. The SMILES string of the molecule is CCCCC1=CC(CCOC(=O)c2ccccc2)CC2CC(CC)COC12. The van der Waals surface area contributed by atoms with Crippen LogP contribution in [0.5, 0.6) is 0 Å². The lowest BCUT2D eigenvalue weighted by molar-refractivity contribution is -0.0502. The molecule has 27 heavy (non-hydrogen) atoms. The van der Waals surface area contributed by atoms with Gasteiger partial charge in [0, 0.05) is 0 Å². The van der Waals surface area contributed by atoms with E-state index >= 15 is 0 Å². The van der Waals surface area contributed by atoms with Crippen LogP contribution in [0.3, 0.4) is 0 Å². The molecular formula is C24H34O3. The van der Waals surface area contributed by atoms with Crippen molar-refractivity contribution >= 4 is 5.97 Å². The van der Waals surface area contributed by atoms with Crippen LogP contribution in [-0.2, 0) is 9.47 Å². The largest absolute Gasteiger partial charge is 0.462 e. The van der Waals surface area contributed by atoms with Crippen LogP contribution in [0.15, 0.2) is 42.0 Å². The van der Waals surface area contributed by atoms with Crippen molar-refractivity contribution in [3.63, 3.8) is 0 Å². The van der Waals surface area contributed by atoms with E-state index in [0.717, 1.165) is 19.4 Å². The van der Waals surface area contributed by atoms with Crippen LogP contribution in [0, 0.1) is 17.8 Å². The molecule has 1 heterocycles. The smallest absolute Gasteiger partial charge is 0.338 e. The number of esters is 1. The van der Waals surface area contributed by atoms with E-state index in [1.807, 2.05) is 18.2 Å². The van der Waals surface area contributed by atoms with Gasteiger partial charge < -0.3 is 9.47 Å². The Labute approximate surface area is 164 Å². The van der Waals surface area contributed by atoms with Crippen LogP contribution in [0.25, 0.3) is 0 Å². The molecule has 1 saturated heterocycles. The highest BCUT2D eigenvalue weighted by Gasteiger charge is 2.37. The topological polar surface area (TPSA) is 35.5 Å². The molecule has 0 aromatic heterocycles. The fraction of sp³-hybridized carbons (Fsp3) is 0.625. The third-order valence-electron chi connectivity index (χ3n) is 6.12. The molecular weight excluding hydrogens is 336 g/mol. The molecule has 0 N–H and O–H groups in total. The minimum absolute atomic E-state index is 0.216. The first-order valence-corrected chi connectivity index (χ1v) is 10.8. The van der Waals surface area contributed by atoms with Gasteiger partial charge in [-0.25, -0.2) is 4.79 Å². The number of carbonyl (C=O) groups is 1. The zero-order chi connectivity index (χ0) is 19.1. The van der Waals surface area contributed by atoms with Crippen LogP contribution >= 0.6 is 0 Å². The van der Waals surface area contributed by atoms with Crippen molar-refractivity contribution in [1.29, 1.82) is 0 Å². The van der Waals surface area contributed by atoms with Crippen LogP contribution in [0.2, 0.25) is 0 Å². The first kappa shape index (κ1) is 20.1. The monoisotopic (exact) mass is 370 g/mol. The van der Waals surface area contributed by atoms with E-state index in [-0.39, 0.29) is 5.97 Å². The van der Waals surface area contributed by atoms with Gasteiger partial charge in [-0.15, -0.1) is 0 Å². The van der Waals surface area contributed by atoms with Crippen LogP contribution in [-0.4, -0.2) is 25.3 Å². The zero-order valence-electron chi connectivity index (χ0n) is 16.9. The summed E-state index contributed by atoms with van der Waals surface area (Å²) in [7, 11) is 0. The average molecular weight is 371 g/mol. The Bertz CT molecular complexity index is 622. The fourth-order valence-electron chi connectivity index (χ4n) is 4.53. The van der Waals surface area contributed by atoms with Crippen molar-refractivity contribution in [2.24, 2.45) is 17.8 Å². The van der Waals surface area contributed by atoms with Crippen molar-refractivity contribution < 1.29 is 14.3 Å². The zero-order valence-corrected chi connectivity index (χ0v) is 16.9. The third kappa shape index (κ3) is 5.44. The number of rotatable bonds is 8. The molecule has 0 bridgehead atoms. The summed E-state index contributed by atoms with van der Waals surface area (Å²) in [5.41, 5.74) is 2.13. The Hall–Kier alpha value is -1.61. The van der Waals surface area contributed by atoms with E-state index in [9.17, 15) is 4.79 Å². The normalized spacial score (nSPS) is 27.6. The van der Waals surface area contributed by atoms with Gasteiger partial charge in [0.1, 0.15) is 0 Å². The number of unbranched alkanes of at least 4 members (excludes halogenated alkanes) is 1. The molecule has 3 nitrogen and oxygen atoms in total. The van der Waals surface area contributed by atoms with Crippen LogP contribution in [0.1, 0.15) is 69.2 Å². The molecule has 148 valence electrons. The quantitative estimate of drug-likeness (QED) is 0.428. The summed E-state index contributed by atoms with van der Waals surface area (Å²) in [6.07, 6.45) is 10.9. The Morgan fingerprint density at radius 2 is 2.00 bits per heavy atom. The lowest BCUT2D eigenvalue weighted by Gasteiger charge is -2.42. The van der Waals surface area contributed by atoms with Crippen molar-refractivity contribution in [3.05, 3.63) is 47.5 Å². The highest BCUT2D eigenvalue weighted by Crippen LogP contribution is 2.41. The van der Waals surface area contributed by atoms with Crippen molar-refractivity contribution in [2.45, 2.75) is 64.9 Å². The predicted octanol–water partition coefficient (Wildman–Crippen LogP) is 5.80. The van der Waals surface area contributed by atoms with Gasteiger partial charge in [0.25, 0.3) is 0 Å². The summed E-state index contributed by atoms with van der Waals surface area (Å²) >= 11 is 0. The molecule has 1 fully saturated rings. The van der Waals surface area contributed by atoms with Gasteiger partial charge >= 0.3 is 5.97 Å². The van der Waals surface area contributed by atoms with Gasteiger partial charge in [-0.3, -0.25) is 0 Å². The standard InChI is InChI=1S/C24H34O3/c1-3-5-9-21-15-19(16-22-14-18(4-2)17-27-23(21)22)12-13-26-24(25)20-10-7-6-8-11-20/h6-8,10-11,15,18-19,22-23H,3-5,9,12-14,16-17H2,1-2H3. The number of fused-ring (bicyclic) bond motifs is 1. The molecule has 1 aliphatic carbocycles. The lowest BCUT2D eigenvalue weighted by atomic mass is 9.72. The second-order valence-corrected chi connectivity index (χ2v) is 8.16. The van der Waals surface area contributed by atoms with Gasteiger partial charge in [0.15, 0.2) is 0 Å². The van der Waals surface area contributed by atoms with Crippen molar-refractivity contribution in [2.75, 3.05) is 13.2 Å². The summed E-state index contributed by atoms with van der Waals surface area (Å²) < 4.78 is 11.8. The minimum atomic E-state index is -0.216. The number of carbonyl (C=O) groups excluding carboxylic acids is 1. The van der Waals surface area contributed by atoms with E-state index in [2.05, 4.69) is 19.9 Å². The predicted molar refractivity (Wildman–Crippen MR) is 109 cm³/mol. The number of benzene rings is 1. The van der Waals surface area contributed by atoms with E-state index < -0.39 is 0 Å². The fourth-order valence-corrected chi connectivity index (χ4v) is 4.53. The molecule has 1 aliphatic heterocycles. The molecule has 1 aromatic carbocycles. The molecule has 0 saturated carbocycles. The van der Waals surface area contributed by atoms with Gasteiger partial charge in [0.2, 0.25) is 0 Å². The minimum Gasteiger partial charge on any atom is -0.462 e. The van der Waals surface area contributed by atoms with Crippen LogP contribution < -0.4 is 0 Å². The molecule has 2 aliphatic rings. The molecule has 3 heteroatoms. The number of hydrogen-bond acceptors (Lipinski definition) is 3. The summed E-state index contributed by atoms with van der Waals surface area (Å²) in [6, 6.07) is 9.26. The first-order chi connectivity index (χ1) is 13.2. The average Bonchev–Trinajstić information content (AvgIpc) is 2.72. The molecule has 4 unspecified atom stereocenters. The number of ether oxygens (including phenoxy) is 2. The highest BCUT2D eigenvalue weighted by atomic mass is 16.5.